The fourth-order valence-corrected chi connectivity index (χ4v) is 2.45. The first kappa shape index (κ1) is 14.4. The molecule has 1 rings (SSSR count). The van der Waals surface area contributed by atoms with Gasteiger partial charge in [-0.15, -0.1) is 0 Å². The number of likely N-dealkylation sites (tertiary alicyclic amines) is 1. The van der Waals surface area contributed by atoms with Crippen molar-refractivity contribution in [2.75, 3.05) is 32.8 Å². The third-order valence-corrected chi connectivity index (χ3v) is 3.33. The van der Waals surface area contributed by atoms with Gasteiger partial charge >= 0.3 is 0 Å². The second-order valence-electron chi connectivity index (χ2n) is 4.37. The van der Waals surface area contributed by atoms with Crippen LogP contribution in [0.5, 0.6) is 0 Å². The van der Waals surface area contributed by atoms with Crippen molar-refractivity contribution in [3.8, 4) is 0 Å². The third kappa shape index (κ3) is 4.28. The summed E-state index contributed by atoms with van der Waals surface area (Å²) >= 11 is 0. The molecule has 0 aromatic heterocycles. The summed E-state index contributed by atoms with van der Waals surface area (Å²) in [5.41, 5.74) is 0. The summed E-state index contributed by atoms with van der Waals surface area (Å²) in [5, 5.41) is 9.07. The molecule has 1 N–H and O–H groups in total. The van der Waals surface area contributed by atoms with Crippen LogP contribution >= 0.6 is 0 Å². The van der Waals surface area contributed by atoms with Crippen molar-refractivity contribution in [3.63, 3.8) is 0 Å². The fourth-order valence-electron chi connectivity index (χ4n) is 2.45. The molecule has 1 aliphatic rings. The number of nitrogens with zero attached hydrogens (tertiary/aromatic N) is 1. The lowest BCUT2D eigenvalue weighted by Crippen LogP contribution is -3.00. The molecular weight excluding hydrogens is 242 g/mol. The minimum atomic E-state index is 0. The van der Waals surface area contributed by atoms with E-state index in [1.54, 1.807) is 0 Å². The molecule has 1 aliphatic heterocycles. The van der Waals surface area contributed by atoms with Gasteiger partial charge in [0.1, 0.15) is 6.54 Å². The summed E-state index contributed by atoms with van der Waals surface area (Å²) < 4.78 is 1.20. The maximum atomic E-state index is 9.07. The van der Waals surface area contributed by atoms with Crippen molar-refractivity contribution in [2.45, 2.75) is 39.0 Å². The van der Waals surface area contributed by atoms with Crippen LogP contribution in [0.25, 0.3) is 0 Å². The van der Waals surface area contributed by atoms with Crippen molar-refractivity contribution >= 4 is 0 Å². The van der Waals surface area contributed by atoms with Crippen LogP contribution in [0.2, 0.25) is 0 Å². The Morgan fingerprint density at radius 3 is 2.21 bits per heavy atom. The monoisotopic (exact) mass is 265 g/mol. The van der Waals surface area contributed by atoms with Gasteiger partial charge in [-0.1, -0.05) is 13.3 Å². The molecule has 0 radical (unpaired) electrons. The van der Waals surface area contributed by atoms with Gasteiger partial charge in [-0.05, 0) is 25.7 Å². The van der Waals surface area contributed by atoms with E-state index < -0.39 is 0 Å². The molecule has 0 aromatic rings. The Bertz CT molecular complexity index is 130. The smallest absolute Gasteiger partial charge is 0.102 e. The lowest BCUT2D eigenvalue weighted by Gasteiger charge is -2.41. The Morgan fingerprint density at radius 2 is 1.71 bits per heavy atom. The predicted molar refractivity (Wildman–Crippen MR) is 55.6 cm³/mol. The van der Waals surface area contributed by atoms with Gasteiger partial charge in [0.2, 0.25) is 0 Å². The summed E-state index contributed by atoms with van der Waals surface area (Å²) in [6, 6.07) is 0. The number of halogens is 1. The number of aliphatic hydroxyl groups excluding tert-OH is 1. The SMILES string of the molecule is CCCC[N+]1(CCO)CCCCC1.[Br-]. The first-order chi connectivity index (χ1) is 6.33. The van der Waals surface area contributed by atoms with Crippen molar-refractivity contribution in [1.29, 1.82) is 0 Å². The molecule has 3 heteroatoms. The normalized spacial score (nSPS) is 20.1. The van der Waals surface area contributed by atoms with Crippen LogP contribution in [-0.4, -0.2) is 42.4 Å². The second kappa shape index (κ2) is 7.66. The summed E-state index contributed by atoms with van der Waals surface area (Å²) in [7, 11) is 0. The minimum Gasteiger partial charge on any atom is -1.00 e. The van der Waals surface area contributed by atoms with Crippen LogP contribution in [-0.2, 0) is 0 Å². The number of aliphatic hydroxyl groups is 1. The van der Waals surface area contributed by atoms with Gasteiger partial charge in [-0.2, -0.15) is 0 Å². The topological polar surface area (TPSA) is 20.2 Å². The molecule has 14 heavy (non-hydrogen) atoms. The summed E-state index contributed by atoms with van der Waals surface area (Å²) in [4.78, 5) is 0. The van der Waals surface area contributed by atoms with Crippen molar-refractivity contribution in [2.24, 2.45) is 0 Å². The zero-order valence-corrected chi connectivity index (χ0v) is 10.9. The highest BCUT2D eigenvalue weighted by Crippen LogP contribution is 2.19. The molecule has 0 aromatic carbocycles. The molecule has 0 spiro atoms. The first-order valence-corrected chi connectivity index (χ1v) is 5.79. The van der Waals surface area contributed by atoms with Gasteiger partial charge < -0.3 is 26.6 Å². The largest absolute Gasteiger partial charge is 1.00 e. The highest BCUT2D eigenvalue weighted by atomic mass is 79.9. The maximum absolute atomic E-state index is 9.07. The van der Waals surface area contributed by atoms with Crippen molar-refractivity contribution in [1.82, 2.24) is 0 Å². The van der Waals surface area contributed by atoms with Gasteiger partial charge in [0.05, 0.1) is 26.2 Å². The molecule has 0 atom stereocenters. The van der Waals surface area contributed by atoms with E-state index in [0.29, 0.717) is 6.61 Å². The molecule has 1 fully saturated rings. The van der Waals surface area contributed by atoms with E-state index in [-0.39, 0.29) is 17.0 Å². The highest BCUT2D eigenvalue weighted by molar-refractivity contribution is 4.54. The van der Waals surface area contributed by atoms with E-state index in [4.69, 9.17) is 5.11 Å². The number of hydrogen-bond donors (Lipinski definition) is 1. The second-order valence-corrected chi connectivity index (χ2v) is 4.37. The van der Waals surface area contributed by atoms with Crippen molar-refractivity contribution < 1.29 is 26.6 Å². The Hall–Kier alpha value is 0.400. The Kier molecular flexibility index (Phi) is 7.88. The lowest BCUT2D eigenvalue weighted by atomic mass is 10.1. The molecule has 1 heterocycles. The number of piperidine rings is 1. The van der Waals surface area contributed by atoms with E-state index in [1.807, 2.05) is 0 Å². The minimum absolute atomic E-state index is 0. The van der Waals surface area contributed by atoms with Crippen LogP contribution in [0.15, 0.2) is 0 Å². The Morgan fingerprint density at radius 1 is 1.07 bits per heavy atom. The highest BCUT2D eigenvalue weighted by Gasteiger charge is 2.28. The molecule has 0 saturated carbocycles. The van der Waals surface area contributed by atoms with E-state index in [0.717, 1.165) is 6.54 Å². The fraction of sp³-hybridized carbons (Fsp3) is 1.00. The van der Waals surface area contributed by atoms with Crippen LogP contribution in [0.3, 0.4) is 0 Å². The van der Waals surface area contributed by atoms with E-state index in [2.05, 4.69) is 6.92 Å². The number of quaternary nitrogens is 1. The van der Waals surface area contributed by atoms with E-state index >= 15 is 0 Å². The van der Waals surface area contributed by atoms with Gasteiger partial charge in [0.15, 0.2) is 0 Å². The van der Waals surface area contributed by atoms with Gasteiger partial charge in [0, 0.05) is 0 Å². The number of hydrogen-bond acceptors (Lipinski definition) is 1. The zero-order valence-electron chi connectivity index (χ0n) is 9.34. The van der Waals surface area contributed by atoms with Gasteiger partial charge in [-0.25, -0.2) is 0 Å². The summed E-state index contributed by atoms with van der Waals surface area (Å²) in [6.07, 6.45) is 6.73. The number of unbranched alkanes of at least 4 members (excludes halogenated alkanes) is 1. The zero-order chi connectivity index (χ0) is 9.57. The van der Waals surface area contributed by atoms with Crippen LogP contribution in [0.1, 0.15) is 39.0 Å². The molecule has 2 nitrogen and oxygen atoms in total. The first-order valence-electron chi connectivity index (χ1n) is 5.79. The Labute approximate surface area is 98.7 Å². The van der Waals surface area contributed by atoms with E-state index in [9.17, 15) is 0 Å². The van der Waals surface area contributed by atoms with Crippen LogP contribution < -0.4 is 17.0 Å². The number of rotatable bonds is 5. The van der Waals surface area contributed by atoms with Crippen LogP contribution in [0, 0.1) is 0 Å². The van der Waals surface area contributed by atoms with Crippen molar-refractivity contribution in [3.05, 3.63) is 0 Å². The van der Waals surface area contributed by atoms with Gasteiger partial charge in [0.25, 0.3) is 0 Å². The molecular formula is C11H24BrNO. The van der Waals surface area contributed by atoms with Crippen LogP contribution in [0.4, 0.5) is 0 Å². The third-order valence-electron chi connectivity index (χ3n) is 3.33. The molecule has 0 amide bonds. The molecule has 1 saturated heterocycles. The predicted octanol–water partition coefficient (Wildman–Crippen LogP) is -1.22. The summed E-state index contributed by atoms with van der Waals surface area (Å²) in [5.74, 6) is 0. The molecule has 0 unspecified atom stereocenters. The quantitative estimate of drug-likeness (QED) is 0.619. The maximum Gasteiger partial charge on any atom is 0.102 e. The molecule has 0 aliphatic carbocycles. The molecule has 0 bridgehead atoms. The lowest BCUT2D eigenvalue weighted by molar-refractivity contribution is -0.932. The summed E-state index contributed by atoms with van der Waals surface area (Å²) in [6.45, 7) is 7.50. The Balaban J connectivity index is 0.00000169. The molecule has 86 valence electrons. The average molecular weight is 266 g/mol. The van der Waals surface area contributed by atoms with E-state index in [1.165, 1.54) is 56.2 Å². The average Bonchev–Trinajstić information content (AvgIpc) is 2.17. The standard InChI is InChI=1S/C11H24NO.BrH/c1-2-3-7-12(10-11-13)8-5-4-6-9-12;/h13H,2-11H2,1H3;1H/q+1;/p-1. The van der Waals surface area contributed by atoms with Gasteiger partial charge in [-0.3, -0.25) is 0 Å².